The first-order chi connectivity index (χ1) is 16.1. The fourth-order valence-electron chi connectivity index (χ4n) is 8.85. The van der Waals surface area contributed by atoms with Crippen molar-refractivity contribution in [3.05, 3.63) is 71.3 Å². The minimum absolute atomic E-state index is 0.178. The van der Waals surface area contributed by atoms with Gasteiger partial charge in [-0.3, -0.25) is 9.69 Å². The van der Waals surface area contributed by atoms with Gasteiger partial charge in [-0.1, -0.05) is 42.5 Å². The van der Waals surface area contributed by atoms with Crippen molar-refractivity contribution in [1.29, 1.82) is 0 Å². The Morgan fingerprint density at radius 3 is 2.64 bits per heavy atom. The fourth-order valence-corrected chi connectivity index (χ4v) is 8.85. The molecule has 33 heavy (non-hydrogen) atoms. The largest absolute Gasteiger partial charge is 0.338 e. The Labute approximate surface area is 198 Å². The first-order valence-corrected chi connectivity index (χ1v) is 13.0. The monoisotopic (exact) mass is 443 g/mol. The van der Waals surface area contributed by atoms with Crippen molar-refractivity contribution >= 4 is 5.91 Å². The number of fused-ring (bicyclic) bond motifs is 1. The van der Waals surface area contributed by atoms with Crippen LogP contribution in [0.4, 0.5) is 0 Å². The highest BCUT2D eigenvalue weighted by Crippen LogP contribution is 2.72. The second-order valence-electron chi connectivity index (χ2n) is 11.0. The van der Waals surface area contributed by atoms with E-state index in [-0.39, 0.29) is 11.3 Å². The molecule has 4 aliphatic rings. The highest BCUT2D eigenvalue weighted by molar-refractivity contribution is 5.94. The Balaban J connectivity index is 1.41. The normalized spacial score (nSPS) is 34.4. The number of carbonyl (C=O) groups is 1. The second kappa shape index (κ2) is 7.95. The molecule has 3 fully saturated rings. The van der Waals surface area contributed by atoms with Crippen LogP contribution >= 0.6 is 0 Å². The van der Waals surface area contributed by atoms with E-state index in [2.05, 4.69) is 41.1 Å². The summed E-state index contributed by atoms with van der Waals surface area (Å²) in [5.74, 6) is 0.724. The summed E-state index contributed by atoms with van der Waals surface area (Å²) in [6, 6.07) is 20.1. The Kier molecular flexibility index (Phi) is 5.15. The zero-order valence-electron chi connectivity index (χ0n) is 19.9. The molecule has 1 heterocycles. The minimum Gasteiger partial charge on any atom is -0.338 e. The summed E-state index contributed by atoms with van der Waals surface area (Å²) in [6.45, 7) is 3.07. The molecule has 4 nitrogen and oxygen atoms in total. The van der Waals surface area contributed by atoms with Gasteiger partial charge in [-0.15, -0.1) is 0 Å². The van der Waals surface area contributed by atoms with E-state index in [1.807, 2.05) is 30.3 Å². The first kappa shape index (κ1) is 21.4. The molecule has 3 aliphatic carbocycles. The van der Waals surface area contributed by atoms with Crippen molar-refractivity contribution in [2.45, 2.75) is 62.4 Å². The van der Waals surface area contributed by atoms with Crippen molar-refractivity contribution < 1.29 is 4.79 Å². The second-order valence-corrected chi connectivity index (χ2v) is 11.0. The molecule has 5 unspecified atom stereocenters. The Hall–Kier alpha value is -2.17. The van der Waals surface area contributed by atoms with Gasteiger partial charge in [-0.2, -0.15) is 0 Å². The van der Waals surface area contributed by atoms with Crippen LogP contribution in [-0.4, -0.2) is 54.5 Å². The average molecular weight is 444 g/mol. The maximum Gasteiger partial charge on any atom is 0.253 e. The first-order valence-electron chi connectivity index (χ1n) is 13.0. The topological polar surface area (TPSA) is 49.6 Å². The van der Waals surface area contributed by atoms with E-state index < -0.39 is 0 Å². The van der Waals surface area contributed by atoms with E-state index in [4.69, 9.17) is 5.73 Å². The Bertz CT molecular complexity index is 1040. The number of carbonyl (C=O) groups excluding carboxylic acids is 1. The van der Waals surface area contributed by atoms with Crippen LogP contribution in [0.15, 0.2) is 54.6 Å². The number of piperidine rings is 1. The lowest BCUT2D eigenvalue weighted by Gasteiger charge is -2.67. The third-order valence-electron chi connectivity index (χ3n) is 10.0. The fraction of sp³-hybridized carbons (Fsp3) is 0.552. The van der Waals surface area contributed by atoms with Crippen molar-refractivity contribution in [2.75, 3.05) is 26.7 Å². The van der Waals surface area contributed by atoms with Crippen LogP contribution in [0.2, 0.25) is 0 Å². The summed E-state index contributed by atoms with van der Waals surface area (Å²) in [5, 5.41) is 0. The summed E-state index contributed by atoms with van der Waals surface area (Å²) < 4.78 is 0. The van der Waals surface area contributed by atoms with E-state index >= 15 is 0 Å². The quantitative estimate of drug-likeness (QED) is 0.752. The van der Waals surface area contributed by atoms with Gasteiger partial charge in [0.05, 0.1) is 0 Å². The number of amides is 1. The van der Waals surface area contributed by atoms with Gasteiger partial charge in [0, 0.05) is 30.1 Å². The molecule has 4 heteroatoms. The maximum atomic E-state index is 13.5. The van der Waals surface area contributed by atoms with Gasteiger partial charge >= 0.3 is 0 Å². The van der Waals surface area contributed by atoms with Crippen LogP contribution in [0.25, 0.3) is 0 Å². The van der Waals surface area contributed by atoms with Crippen molar-refractivity contribution in [2.24, 2.45) is 17.1 Å². The average Bonchev–Trinajstić information content (AvgIpc) is 3.09. The molecule has 2 aromatic rings. The number of hydrogen-bond donors (Lipinski definition) is 1. The van der Waals surface area contributed by atoms with E-state index in [0.717, 1.165) is 31.5 Å². The summed E-state index contributed by atoms with van der Waals surface area (Å²) >= 11 is 0. The Morgan fingerprint density at radius 1 is 1.06 bits per heavy atom. The molecule has 0 aromatic heterocycles. The van der Waals surface area contributed by atoms with Gasteiger partial charge < -0.3 is 10.6 Å². The number of rotatable bonds is 5. The van der Waals surface area contributed by atoms with Crippen LogP contribution < -0.4 is 5.73 Å². The zero-order chi connectivity index (χ0) is 22.6. The van der Waals surface area contributed by atoms with Gasteiger partial charge in [-0.25, -0.2) is 0 Å². The molecule has 0 radical (unpaired) electrons. The van der Waals surface area contributed by atoms with E-state index in [0.29, 0.717) is 23.4 Å². The molecule has 2 aromatic carbocycles. The lowest BCUT2D eigenvalue weighted by atomic mass is 9.43. The Morgan fingerprint density at radius 2 is 1.82 bits per heavy atom. The number of benzene rings is 2. The molecule has 2 N–H and O–H groups in total. The van der Waals surface area contributed by atoms with E-state index in [1.54, 1.807) is 11.1 Å². The maximum absolute atomic E-state index is 13.5. The number of nitrogens with two attached hydrogens (primary N) is 1. The summed E-state index contributed by atoms with van der Waals surface area (Å²) in [5.41, 5.74) is 10.5. The van der Waals surface area contributed by atoms with Gasteiger partial charge in [0.1, 0.15) is 0 Å². The van der Waals surface area contributed by atoms with Crippen molar-refractivity contribution in [3.8, 4) is 0 Å². The number of likely N-dealkylation sites (tertiary alicyclic amines) is 1. The predicted octanol–water partition coefficient (Wildman–Crippen LogP) is 4.23. The smallest absolute Gasteiger partial charge is 0.253 e. The third-order valence-corrected chi connectivity index (χ3v) is 10.0. The van der Waals surface area contributed by atoms with E-state index in [1.165, 1.54) is 38.6 Å². The molecule has 1 saturated heterocycles. The SMILES string of the molecule is CN(C(=O)c1ccccc1)C1CCC23CCC1C21CCN(CCCN)C3Cc2ccccc21. The molecular weight excluding hydrogens is 406 g/mol. The lowest BCUT2D eigenvalue weighted by molar-refractivity contribution is -0.103. The molecule has 1 amide bonds. The molecule has 2 saturated carbocycles. The molecular formula is C29H37N3O. The molecule has 174 valence electrons. The summed E-state index contributed by atoms with van der Waals surface area (Å²) in [6.07, 6.45) is 8.40. The summed E-state index contributed by atoms with van der Waals surface area (Å²) in [7, 11) is 2.06. The third kappa shape index (κ3) is 2.86. The molecule has 0 spiro atoms. The highest BCUT2D eigenvalue weighted by atomic mass is 16.2. The van der Waals surface area contributed by atoms with Gasteiger partial charge in [0.25, 0.3) is 5.91 Å². The summed E-state index contributed by atoms with van der Waals surface area (Å²) in [4.78, 5) is 18.4. The van der Waals surface area contributed by atoms with Crippen LogP contribution in [0.3, 0.4) is 0 Å². The van der Waals surface area contributed by atoms with Crippen molar-refractivity contribution in [1.82, 2.24) is 9.80 Å². The molecule has 1 aliphatic heterocycles. The van der Waals surface area contributed by atoms with Gasteiger partial charge in [0.15, 0.2) is 0 Å². The van der Waals surface area contributed by atoms with Crippen LogP contribution in [-0.2, 0) is 11.8 Å². The standard InChI is InChI=1S/C29H37N3O/c1-31(27(33)21-8-3-2-4-9-21)25-13-15-28-14-12-24(25)29(28)16-19-32(18-7-17-30)26(28)20-22-10-5-6-11-23(22)29/h2-6,8-11,24-26H,7,12-20,30H2,1H3. The molecule has 4 bridgehead atoms. The zero-order valence-corrected chi connectivity index (χ0v) is 19.9. The molecule has 6 rings (SSSR count). The minimum atomic E-state index is 0.178. The lowest BCUT2D eigenvalue weighted by Crippen LogP contribution is -2.70. The van der Waals surface area contributed by atoms with Crippen LogP contribution in [0.1, 0.15) is 60.0 Å². The van der Waals surface area contributed by atoms with Gasteiger partial charge in [0.2, 0.25) is 0 Å². The van der Waals surface area contributed by atoms with E-state index in [9.17, 15) is 4.79 Å². The van der Waals surface area contributed by atoms with Crippen molar-refractivity contribution in [3.63, 3.8) is 0 Å². The highest BCUT2D eigenvalue weighted by Gasteiger charge is 2.71. The van der Waals surface area contributed by atoms with Gasteiger partial charge in [-0.05, 0) is 99.2 Å². The number of hydrogen-bond acceptors (Lipinski definition) is 3. The molecule has 5 atom stereocenters. The van der Waals surface area contributed by atoms with Crippen LogP contribution in [0, 0.1) is 11.3 Å². The number of nitrogens with zero attached hydrogens (tertiary/aromatic N) is 2. The predicted molar refractivity (Wildman–Crippen MR) is 132 cm³/mol. The van der Waals surface area contributed by atoms with Crippen LogP contribution in [0.5, 0.6) is 0 Å².